The number of rotatable bonds is 4. The zero-order valence-corrected chi connectivity index (χ0v) is 13.0. The van der Waals surface area contributed by atoms with E-state index in [1.165, 1.54) is 0 Å². The molecule has 0 bridgehead atoms. The van der Waals surface area contributed by atoms with E-state index in [9.17, 15) is 8.78 Å². The van der Waals surface area contributed by atoms with Crippen LogP contribution in [0.15, 0.2) is 30.5 Å². The van der Waals surface area contributed by atoms with Crippen LogP contribution >= 0.6 is 0 Å². The third kappa shape index (κ3) is 3.11. The van der Waals surface area contributed by atoms with Crippen LogP contribution in [0.4, 0.5) is 8.78 Å². The molecule has 6 nitrogen and oxygen atoms in total. The molecule has 0 radical (unpaired) electrons. The van der Waals surface area contributed by atoms with Crippen LogP contribution in [0.2, 0.25) is 0 Å². The summed E-state index contributed by atoms with van der Waals surface area (Å²) in [6.07, 6.45) is 2.75. The third-order valence-corrected chi connectivity index (χ3v) is 4.55. The van der Waals surface area contributed by atoms with Crippen molar-refractivity contribution in [1.29, 1.82) is 0 Å². The van der Waals surface area contributed by atoms with Crippen LogP contribution in [0.3, 0.4) is 0 Å². The van der Waals surface area contributed by atoms with Crippen molar-refractivity contribution >= 4 is 0 Å². The summed E-state index contributed by atoms with van der Waals surface area (Å²) < 4.78 is 37.0. The Balaban J connectivity index is 1.41. The molecular formula is C16H18F2N4O2. The molecule has 128 valence electrons. The largest absolute Gasteiger partial charge is 0.435 e. The van der Waals surface area contributed by atoms with E-state index in [1.807, 2.05) is 10.7 Å². The molecule has 8 heteroatoms. The minimum atomic E-state index is -2.80. The van der Waals surface area contributed by atoms with Crippen LogP contribution < -0.4 is 4.74 Å². The molecular weight excluding hydrogens is 318 g/mol. The predicted molar refractivity (Wildman–Crippen MR) is 80.6 cm³/mol. The maximum absolute atomic E-state index is 12.3. The van der Waals surface area contributed by atoms with Crippen molar-refractivity contribution in [1.82, 2.24) is 19.9 Å². The molecule has 0 amide bonds. The molecule has 1 aromatic heterocycles. The summed E-state index contributed by atoms with van der Waals surface area (Å²) in [6.45, 7) is 0.0773. The lowest BCUT2D eigenvalue weighted by molar-refractivity contribution is -0.0704. The standard InChI is InChI=1S/C16H18F2N4O2/c17-16(18)24-13-3-1-2-11(6-13)8-21-5-4-14-15(9-21)23-10-12-7-19-20-22(12)14/h1-3,6-7,14-16H,4-5,8-10H2/t14-,15-/m0/s1. The summed E-state index contributed by atoms with van der Waals surface area (Å²) in [7, 11) is 0. The fraction of sp³-hybridized carbons (Fsp3) is 0.500. The van der Waals surface area contributed by atoms with Gasteiger partial charge in [-0.1, -0.05) is 17.3 Å². The Hall–Kier alpha value is -2.06. The van der Waals surface area contributed by atoms with Crippen LogP contribution in [0.1, 0.15) is 23.7 Å². The number of ether oxygens (including phenoxy) is 2. The molecule has 2 aliphatic heterocycles. The van der Waals surface area contributed by atoms with E-state index < -0.39 is 6.61 Å². The molecule has 0 N–H and O–H groups in total. The van der Waals surface area contributed by atoms with Crippen molar-refractivity contribution in [3.63, 3.8) is 0 Å². The number of hydrogen-bond acceptors (Lipinski definition) is 5. The summed E-state index contributed by atoms with van der Waals surface area (Å²) in [5, 5.41) is 8.13. The smallest absolute Gasteiger partial charge is 0.387 e. The first-order chi connectivity index (χ1) is 11.7. The van der Waals surface area contributed by atoms with E-state index >= 15 is 0 Å². The molecule has 2 aromatic rings. The second-order valence-corrected chi connectivity index (χ2v) is 6.14. The Morgan fingerprint density at radius 2 is 2.29 bits per heavy atom. The van der Waals surface area contributed by atoms with Crippen LogP contribution in [-0.2, 0) is 17.9 Å². The van der Waals surface area contributed by atoms with Gasteiger partial charge in [0.25, 0.3) is 0 Å². The Morgan fingerprint density at radius 1 is 1.38 bits per heavy atom. The molecule has 1 saturated heterocycles. The minimum Gasteiger partial charge on any atom is -0.435 e. The van der Waals surface area contributed by atoms with Gasteiger partial charge in [-0.25, -0.2) is 4.68 Å². The molecule has 3 heterocycles. The lowest BCUT2D eigenvalue weighted by Gasteiger charge is -2.41. The highest BCUT2D eigenvalue weighted by molar-refractivity contribution is 5.28. The predicted octanol–water partition coefficient (Wildman–Crippen LogP) is 2.23. The van der Waals surface area contributed by atoms with E-state index in [0.29, 0.717) is 13.2 Å². The Kier molecular flexibility index (Phi) is 4.15. The average molecular weight is 336 g/mol. The van der Waals surface area contributed by atoms with Crippen LogP contribution in [0, 0.1) is 0 Å². The van der Waals surface area contributed by atoms with E-state index in [4.69, 9.17) is 4.74 Å². The third-order valence-electron chi connectivity index (χ3n) is 4.55. The van der Waals surface area contributed by atoms with Gasteiger partial charge in [-0.05, 0) is 24.1 Å². The molecule has 4 rings (SSSR count). The molecule has 0 spiro atoms. The second-order valence-electron chi connectivity index (χ2n) is 6.14. The summed E-state index contributed by atoms with van der Waals surface area (Å²) in [5.41, 5.74) is 1.96. The van der Waals surface area contributed by atoms with Crippen molar-refractivity contribution in [2.24, 2.45) is 0 Å². The summed E-state index contributed by atoms with van der Waals surface area (Å²) in [6, 6.07) is 7.08. The Bertz CT molecular complexity index is 709. The topological polar surface area (TPSA) is 52.4 Å². The van der Waals surface area contributed by atoms with Gasteiger partial charge in [0.1, 0.15) is 5.75 Å². The zero-order chi connectivity index (χ0) is 16.5. The van der Waals surface area contributed by atoms with Crippen molar-refractivity contribution < 1.29 is 18.3 Å². The number of fused-ring (bicyclic) bond motifs is 3. The SMILES string of the molecule is FC(F)Oc1cccc(CN2CC[C@H]3[C@H](C2)OCc2cnnn23)c1. The number of piperidine rings is 1. The zero-order valence-electron chi connectivity index (χ0n) is 13.0. The van der Waals surface area contributed by atoms with Gasteiger partial charge in [0.2, 0.25) is 0 Å². The number of alkyl halides is 2. The maximum atomic E-state index is 12.3. The number of hydrogen-bond donors (Lipinski definition) is 0. The number of likely N-dealkylation sites (tertiary alicyclic amines) is 1. The van der Waals surface area contributed by atoms with Crippen LogP contribution in [-0.4, -0.2) is 45.7 Å². The highest BCUT2D eigenvalue weighted by atomic mass is 19.3. The summed E-state index contributed by atoms with van der Waals surface area (Å²) in [4.78, 5) is 2.27. The average Bonchev–Trinajstić information content (AvgIpc) is 3.03. The number of benzene rings is 1. The number of nitrogens with zero attached hydrogens (tertiary/aromatic N) is 4. The first-order valence-electron chi connectivity index (χ1n) is 7.96. The molecule has 1 fully saturated rings. The fourth-order valence-corrected chi connectivity index (χ4v) is 3.47. The van der Waals surface area contributed by atoms with Gasteiger partial charge >= 0.3 is 6.61 Å². The molecule has 1 aromatic carbocycles. The molecule has 2 atom stereocenters. The molecule has 24 heavy (non-hydrogen) atoms. The van der Waals surface area contributed by atoms with Gasteiger partial charge in [0, 0.05) is 19.6 Å². The normalized spacial score (nSPS) is 23.8. The van der Waals surface area contributed by atoms with E-state index in [2.05, 4.69) is 19.9 Å². The van der Waals surface area contributed by atoms with Crippen LogP contribution in [0.25, 0.3) is 0 Å². The monoisotopic (exact) mass is 336 g/mol. The van der Waals surface area contributed by atoms with Gasteiger partial charge in [-0.3, -0.25) is 4.90 Å². The van der Waals surface area contributed by atoms with Gasteiger partial charge in [0.15, 0.2) is 0 Å². The van der Waals surface area contributed by atoms with Crippen molar-refractivity contribution in [3.8, 4) is 5.75 Å². The molecule has 0 unspecified atom stereocenters. The van der Waals surface area contributed by atoms with Crippen molar-refractivity contribution in [2.75, 3.05) is 13.1 Å². The van der Waals surface area contributed by atoms with Crippen molar-refractivity contribution in [3.05, 3.63) is 41.7 Å². The summed E-state index contributed by atoms with van der Waals surface area (Å²) >= 11 is 0. The van der Waals surface area contributed by atoms with Crippen LogP contribution in [0.5, 0.6) is 5.75 Å². The highest BCUT2D eigenvalue weighted by Crippen LogP contribution is 2.31. The van der Waals surface area contributed by atoms with Gasteiger partial charge < -0.3 is 9.47 Å². The van der Waals surface area contributed by atoms with Gasteiger partial charge in [-0.2, -0.15) is 8.78 Å². The molecule has 0 saturated carbocycles. The summed E-state index contributed by atoms with van der Waals surface area (Å²) in [5.74, 6) is 0.193. The highest BCUT2D eigenvalue weighted by Gasteiger charge is 2.36. The maximum Gasteiger partial charge on any atom is 0.387 e. The second kappa shape index (κ2) is 6.45. The lowest BCUT2D eigenvalue weighted by Crippen LogP contribution is -2.48. The van der Waals surface area contributed by atoms with Crippen molar-refractivity contribution in [2.45, 2.75) is 38.3 Å². The quantitative estimate of drug-likeness (QED) is 0.857. The Morgan fingerprint density at radius 3 is 3.17 bits per heavy atom. The number of halogens is 2. The van der Waals surface area contributed by atoms with E-state index in [1.54, 1.807) is 24.4 Å². The molecule has 2 aliphatic rings. The first-order valence-corrected chi connectivity index (χ1v) is 7.96. The minimum absolute atomic E-state index is 0.0773. The van der Waals surface area contributed by atoms with Gasteiger partial charge in [-0.15, -0.1) is 5.10 Å². The first kappa shape index (κ1) is 15.5. The van der Waals surface area contributed by atoms with Gasteiger partial charge in [0.05, 0.1) is 30.6 Å². The number of aromatic nitrogens is 3. The van der Waals surface area contributed by atoms with E-state index in [-0.39, 0.29) is 17.9 Å². The fourth-order valence-electron chi connectivity index (χ4n) is 3.47. The Labute approximate surface area is 138 Å². The van der Waals surface area contributed by atoms with E-state index in [0.717, 1.165) is 30.8 Å². The lowest BCUT2D eigenvalue weighted by atomic mass is 9.99. The molecule has 0 aliphatic carbocycles.